The van der Waals surface area contributed by atoms with Gasteiger partial charge in [-0.1, -0.05) is 29.0 Å². The van der Waals surface area contributed by atoms with E-state index in [1.807, 2.05) is 12.1 Å². The molecular formula is C11H10ClN3S2. The molecule has 0 saturated carbocycles. The van der Waals surface area contributed by atoms with Crippen LogP contribution >= 0.6 is 34.3 Å². The van der Waals surface area contributed by atoms with Crippen LogP contribution in [-0.4, -0.2) is 11.0 Å². The highest BCUT2D eigenvalue weighted by Crippen LogP contribution is 2.26. The lowest BCUT2D eigenvalue weighted by Crippen LogP contribution is -2.17. The van der Waals surface area contributed by atoms with Gasteiger partial charge in [0.15, 0.2) is 10.3 Å². The molecule has 1 atom stereocenters. The number of nitriles is 1. The first-order chi connectivity index (χ1) is 8.19. The molecule has 2 rings (SSSR count). The number of thiazole rings is 1. The Kier molecular flexibility index (Phi) is 4.00. The summed E-state index contributed by atoms with van der Waals surface area (Å²) in [6.45, 7) is 2.08. The van der Waals surface area contributed by atoms with Gasteiger partial charge in [-0.05, 0) is 18.4 Å². The van der Waals surface area contributed by atoms with Gasteiger partial charge >= 0.3 is 0 Å². The summed E-state index contributed by atoms with van der Waals surface area (Å²) in [5.41, 5.74) is 0. The van der Waals surface area contributed by atoms with E-state index in [0.717, 1.165) is 6.42 Å². The molecule has 2 aromatic heterocycles. The SMILES string of the molecule is CC(Cc1cccs1)Nc1nc(Cl)c(C#N)s1. The Labute approximate surface area is 113 Å². The van der Waals surface area contributed by atoms with Crippen molar-refractivity contribution in [3.63, 3.8) is 0 Å². The Bertz CT molecular complexity index is 527. The number of hydrogen-bond donors (Lipinski definition) is 1. The molecule has 0 aliphatic heterocycles. The molecule has 2 aromatic rings. The van der Waals surface area contributed by atoms with Crippen molar-refractivity contribution in [3.8, 4) is 6.07 Å². The normalized spacial score (nSPS) is 12.1. The van der Waals surface area contributed by atoms with Gasteiger partial charge in [0.05, 0.1) is 0 Å². The van der Waals surface area contributed by atoms with Gasteiger partial charge < -0.3 is 5.32 Å². The summed E-state index contributed by atoms with van der Waals surface area (Å²) in [6, 6.07) is 6.44. The fourth-order valence-corrected chi connectivity index (χ4v) is 3.32. The minimum Gasteiger partial charge on any atom is -0.359 e. The van der Waals surface area contributed by atoms with Crippen LogP contribution in [0, 0.1) is 11.3 Å². The van der Waals surface area contributed by atoms with E-state index < -0.39 is 0 Å². The van der Waals surface area contributed by atoms with E-state index in [0.29, 0.717) is 10.0 Å². The highest BCUT2D eigenvalue weighted by Gasteiger charge is 2.11. The number of thiophene rings is 1. The number of nitrogens with zero attached hydrogens (tertiary/aromatic N) is 2. The number of halogens is 1. The van der Waals surface area contributed by atoms with Gasteiger partial charge in [0.1, 0.15) is 10.9 Å². The standard InChI is InChI=1S/C11H10ClN3S2/c1-7(5-8-3-2-4-16-8)14-11-15-10(12)9(6-13)17-11/h2-4,7H,5H2,1H3,(H,14,15). The van der Waals surface area contributed by atoms with E-state index >= 15 is 0 Å². The molecular weight excluding hydrogens is 274 g/mol. The number of rotatable bonds is 4. The summed E-state index contributed by atoms with van der Waals surface area (Å²) < 4.78 is 0. The average Bonchev–Trinajstić information content (AvgIpc) is 2.88. The maximum atomic E-state index is 8.78. The molecule has 3 nitrogen and oxygen atoms in total. The van der Waals surface area contributed by atoms with Crippen molar-refractivity contribution in [2.75, 3.05) is 5.32 Å². The van der Waals surface area contributed by atoms with E-state index in [-0.39, 0.29) is 11.2 Å². The Morgan fingerprint density at radius 1 is 1.65 bits per heavy atom. The van der Waals surface area contributed by atoms with Gasteiger partial charge in [-0.2, -0.15) is 5.26 Å². The lowest BCUT2D eigenvalue weighted by Gasteiger charge is -2.10. The fourth-order valence-electron chi connectivity index (χ4n) is 1.42. The molecule has 0 spiro atoms. The minimum absolute atomic E-state index is 0.266. The summed E-state index contributed by atoms with van der Waals surface area (Å²) in [5.74, 6) is 0. The van der Waals surface area contributed by atoms with Crippen molar-refractivity contribution >= 4 is 39.4 Å². The molecule has 1 N–H and O–H groups in total. The van der Waals surface area contributed by atoms with Gasteiger partial charge in [-0.25, -0.2) is 4.98 Å². The van der Waals surface area contributed by atoms with Crippen molar-refractivity contribution in [3.05, 3.63) is 32.4 Å². The molecule has 0 aliphatic carbocycles. The molecule has 0 aromatic carbocycles. The molecule has 0 saturated heterocycles. The van der Waals surface area contributed by atoms with E-state index in [9.17, 15) is 0 Å². The van der Waals surface area contributed by atoms with Crippen molar-refractivity contribution in [1.29, 1.82) is 5.26 Å². The Hall–Kier alpha value is -1.09. The Morgan fingerprint density at radius 3 is 3.06 bits per heavy atom. The topological polar surface area (TPSA) is 48.7 Å². The van der Waals surface area contributed by atoms with Gasteiger partial charge in [0.2, 0.25) is 0 Å². The van der Waals surface area contributed by atoms with Gasteiger partial charge in [0.25, 0.3) is 0 Å². The quantitative estimate of drug-likeness (QED) is 0.929. The van der Waals surface area contributed by atoms with Gasteiger partial charge in [-0.15, -0.1) is 11.3 Å². The second-order valence-corrected chi connectivity index (χ2v) is 5.97. The van der Waals surface area contributed by atoms with Gasteiger partial charge in [0, 0.05) is 17.3 Å². The monoisotopic (exact) mass is 283 g/mol. The highest BCUT2D eigenvalue weighted by atomic mass is 35.5. The molecule has 0 radical (unpaired) electrons. The van der Waals surface area contributed by atoms with Crippen LogP contribution in [-0.2, 0) is 6.42 Å². The zero-order valence-corrected chi connectivity index (χ0v) is 11.5. The van der Waals surface area contributed by atoms with Crippen LogP contribution in [0.3, 0.4) is 0 Å². The summed E-state index contributed by atoms with van der Waals surface area (Å²) in [4.78, 5) is 5.89. The zero-order valence-electron chi connectivity index (χ0n) is 9.11. The summed E-state index contributed by atoms with van der Waals surface area (Å²) in [5, 5.41) is 15.1. The number of nitrogens with one attached hydrogen (secondary N) is 1. The Morgan fingerprint density at radius 2 is 2.47 bits per heavy atom. The van der Waals surface area contributed by atoms with Crippen molar-refractivity contribution in [1.82, 2.24) is 4.98 Å². The van der Waals surface area contributed by atoms with Crippen LogP contribution < -0.4 is 5.32 Å². The molecule has 1 unspecified atom stereocenters. The van der Waals surface area contributed by atoms with Crippen LogP contribution in [0.2, 0.25) is 5.15 Å². The third kappa shape index (κ3) is 3.19. The van der Waals surface area contributed by atoms with Crippen LogP contribution in [0.5, 0.6) is 0 Å². The number of aromatic nitrogens is 1. The van der Waals surface area contributed by atoms with E-state index in [2.05, 4.69) is 28.7 Å². The molecule has 0 aliphatic rings. The van der Waals surface area contributed by atoms with E-state index in [1.165, 1.54) is 16.2 Å². The molecule has 17 heavy (non-hydrogen) atoms. The fraction of sp³-hybridized carbons (Fsp3) is 0.273. The molecule has 2 heterocycles. The van der Waals surface area contributed by atoms with Crippen molar-refractivity contribution in [2.24, 2.45) is 0 Å². The second kappa shape index (κ2) is 5.50. The maximum absolute atomic E-state index is 8.78. The second-order valence-electron chi connectivity index (χ2n) is 3.58. The average molecular weight is 284 g/mol. The largest absolute Gasteiger partial charge is 0.359 e. The zero-order chi connectivity index (χ0) is 12.3. The molecule has 0 amide bonds. The van der Waals surface area contributed by atoms with Crippen LogP contribution in [0.15, 0.2) is 17.5 Å². The van der Waals surface area contributed by atoms with Crippen molar-refractivity contribution < 1.29 is 0 Å². The van der Waals surface area contributed by atoms with E-state index in [4.69, 9.17) is 16.9 Å². The molecule has 88 valence electrons. The van der Waals surface area contributed by atoms with Crippen LogP contribution in [0.4, 0.5) is 5.13 Å². The summed E-state index contributed by atoms with van der Waals surface area (Å²) in [6.07, 6.45) is 0.941. The molecule has 6 heteroatoms. The van der Waals surface area contributed by atoms with Crippen LogP contribution in [0.25, 0.3) is 0 Å². The molecule has 0 fully saturated rings. The number of hydrogen-bond acceptors (Lipinski definition) is 5. The third-order valence-electron chi connectivity index (χ3n) is 2.14. The first-order valence-corrected chi connectivity index (χ1v) is 7.12. The smallest absolute Gasteiger partial charge is 0.185 e. The first-order valence-electron chi connectivity index (χ1n) is 5.04. The predicted molar refractivity (Wildman–Crippen MR) is 72.9 cm³/mol. The predicted octanol–water partition coefficient (Wildman–Crippen LogP) is 3.77. The summed E-state index contributed by atoms with van der Waals surface area (Å²) in [7, 11) is 0. The van der Waals surface area contributed by atoms with Crippen LogP contribution in [0.1, 0.15) is 16.7 Å². The lowest BCUT2D eigenvalue weighted by atomic mass is 10.2. The lowest BCUT2D eigenvalue weighted by molar-refractivity contribution is 0.799. The first kappa shape index (κ1) is 12.4. The van der Waals surface area contributed by atoms with Crippen molar-refractivity contribution in [2.45, 2.75) is 19.4 Å². The minimum atomic E-state index is 0.266. The highest BCUT2D eigenvalue weighted by molar-refractivity contribution is 7.16. The van der Waals surface area contributed by atoms with Gasteiger partial charge in [-0.3, -0.25) is 0 Å². The maximum Gasteiger partial charge on any atom is 0.185 e. The number of anilines is 1. The Balaban J connectivity index is 1.98. The third-order valence-corrected chi connectivity index (χ3v) is 4.32. The van der Waals surface area contributed by atoms with E-state index in [1.54, 1.807) is 11.3 Å². The summed E-state index contributed by atoms with van der Waals surface area (Å²) >= 11 is 8.84. The molecule has 0 bridgehead atoms.